The average molecular weight is 420 g/mol. The van der Waals surface area contributed by atoms with Crippen molar-refractivity contribution in [1.82, 2.24) is 15.5 Å². The Labute approximate surface area is 173 Å². The lowest BCUT2D eigenvalue weighted by molar-refractivity contribution is -0.131. The molecule has 2 aliphatic heterocycles. The van der Waals surface area contributed by atoms with E-state index in [2.05, 4.69) is 10.6 Å². The zero-order chi connectivity index (χ0) is 19.6. The minimum atomic E-state index is -0.655. The molecule has 0 unspecified atom stereocenters. The van der Waals surface area contributed by atoms with Crippen LogP contribution < -0.4 is 10.6 Å². The van der Waals surface area contributed by atoms with E-state index in [1.165, 1.54) is 22.0 Å². The summed E-state index contributed by atoms with van der Waals surface area (Å²) in [5.74, 6) is 2.13. The van der Waals surface area contributed by atoms with E-state index in [1.54, 1.807) is 0 Å². The van der Waals surface area contributed by atoms with Crippen molar-refractivity contribution in [3.63, 3.8) is 0 Å². The lowest BCUT2D eigenvalue weighted by Gasteiger charge is -2.20. The first-order valence-electron chi connectivity index (χ1n) is 9.85. The van der Waals surface area contributed by atoms with Crippen molar-refractivity contribution in [2.24, 2.45) is 0 Å². The van der Waals surface area contributed by atoms with Gasteiger partial charge in [-0.2, -0.15) is 0 Å². The molecule has 2 N–H and O–H groups in total. The summed E-state index contributed by atoms with van der Waals surface area (Å²) in [6.07, 6.45) is 3.98. The van der Waals surface area contributed by atoms with Gasteiger partial charge in [0.05, 0.1) is 4.58 Å². The van der Waals surface area contributed by atoms with Crippen molar-refractivity contribution >= 4 is 41.4 Å². The molecule has 0 aromatic heterocycles. The summed E-state index contributed by atoms with van der Waals surface area (Å²) in [6, 6.07) is 7.49. The molecule has 1 aliphatic carbocycles. The summed E-state index contributed by atoms with van der Waals surface area (Å²) in [7, 11) is 0. The fourth-order valence-electron chi connectivity index (χ4n) is 4.08. The van der Waals surface area contributed by atoms with Crippen LogP contribution in [-0.2, 0) is 4.79 Å². The fourth-order valence-corrected chi connectivity index (χ4v) is 6.94. The summed E-state index contributed by atoms with van der Waals surface area (Å²) in [4.78, 5) is 38.4. The summed E-state index contributed by atoms with van der Waals surface area (Å²) in [6.45, 7) is 0.765. The Morgan fingerprint density at radius 3 is 2.50 bits per heavy atom. The number of nitrogens with one attached hydrogen (secondary N) is 2. The molecule has 0 bridgehead atoms. The molecule has 2 heterocycles. The van der Waals surface area contributed by atoms with Gasteiger partial charge in [-0.1, -0.05) is 25.0 Å². The molecular weight excluding hydrogens is 394 g/mol. The van der Waals surface area contributed by atoms with Gasteiger partial charge in [0.1, 0.15) is 5.54 Å². The van der Waals surface area contributed by atoms with Crippen LogP contribution in [0.25, 0.3) is 0 Å². The molecule has 8 heteroatoms. The van der Waals surface area contributed by atoms with Gasteiger partial charge in [-0.25, -0.2) is 4.79 Å². The van der Waals surface area contributed by atoms with Crippen molar-refractivity contribution in [2.45, 2.75) is 42.2 Å². The van der Waals surface area contributed by atoms with Crippen LogP contribution in [0.2, 0.25) is 0 Å². The van der Waals surface area contributed by atoms with Gasteiger partial charge in [0.15, 0.2) is 0 Å². The Bertz CT molecular complexity index is 756. The molecule has 28 heavy (non-hydrogen) atoms. The van der Waals surface area contributed by atoms with Crippen molar-refractivity contribution in [3.8, 4) is 0 Å². The van der Waals surface area contributed by atoms with Gasteiger partial charge in [0.2, 0.25) is 0 Å². The van der Waals surface area contributed by atoms with Gasteiger partial charge in [-0.15, -0.1) is 23.5 Å². The molecule has 2 saturated heterocycles. The standard InChI is InChI=1S/C20H25N3O3S2/c24-16(14-4-6-15(7-5-14)17-27-12-13-28-17)21-10-3-11-23-18(25)20(22-19(23)26)8-1-2-9-20/h4-7,17H,1-3,8-13H2,(H,21,24)(H,22,26). The predicted molar refractivity (Wildman–Crippen MR) is 112 cm³/mol. The highest BCUT2D eigenvalue weighted by atomic mass is 32.2. The van der Waals surface area contributed by atoms with Crippen molar-refractivity contribution in [2.75, 3.05) is 24.6 Å². The molecular formula is C20H25N3O3S2. The van der Waals surface area contributed by atoms with Crippen LogP contribution in [-0.4, -0.2) is 52.9 Å². The molecule has 1 spiro atoms. The second-order valence-corrected chi connectivity index (χ2v) is 10.2. The number of nitrogens with zero attached hydrogens (tertiary/aromatic N) is 1. The monoisotopic (exact) mass is 419 g/mol. The van der Waals surface area contributed by atoms with Crippen LogP contribution in [0, 0.1) is 0 Å². The van der Waals surface area contributed by atoms with Crippen molar-refractivity contribution in [1.29, 1.82) is 0 Å². The van der Waals surface area contributed by atoms with E-state index < -0.39 is 5.54 Å². The molecule has 3 fully saturated rings. The molecule has 4 rings (SSSR count). The SMILES string of the molecule is O=C(NCCCN1C(=O)NC2(CCCC2)C1=O)c1ccc(C2SCCS2)cc1. The smallest absolute Gasteiger partial charge is 0.325 e. The number of hydrogen-bond donors (Lipinski definition) is 2. The quantitative estimate of drug-likeness (QED) is 0.547. The molecule has 1 aromatic rings. The van der Waals surface area contributed by atoms with Gasteiger partial charge in [0, 0.05) is 30.2 Å². The van der Waals surface area contributed by atoms with Crippen molar-refractivity contribution in [3.05, 3.63) is 35.4 Å². The van der Waals surface area contributed by atoms with Gasteiger partial charge >= 0.3 is 6.03 Å². The first-order chi connectivity index (χ1) is 13.6. The fraction of sp³-hybridized carbons (Fsp3) is 0.550. The van der Waals surface area contributed by atoms with E-state index in [4.69, 9.17) is 0 Å². The first kappa shape index (κ1) is 19.6. The Morgan fingerprint density at radius 2 is 1.82 bits per heavy atom. The second kappa shape index (κ2) is 8.37. The van der Waals surface area contributed by atoms with Crippen LogP contribution in [0.15, 0.2) is 24.3 Å². The number of benzene rings is 1. The van der Waals surface area contributed by atoms with Gasteiger partial charge in [-0.3, -0.25) is 14.5 Å². The van der Waals surface area contributed by atoms with Gasteiger partial charge < -0.3 is 10.6 Å². The zero-order valence-electron chi connectivity index (χ0n) is 15.7. The summed E-state index contributed by atoms with van der Waals surface area (Å²) in [5, 5.41) is 5.76. The lowest BCUT2D eigenvalue weighted by Crippen LogP contribution is -2.44. The number of rotatable bonds is 6. The average Bonchev–Trinajstić information content (AvgIpc) is 3.44. The van der Waals surface area contributed by atoms with E-state index in [-0.39, 0.29) is 17.8 Å². The zero-order valence-corrected chi connectivity index (χ0v) is 17.4. The highest BCUT2D eigenvalue weighted by Gasteiger charge is 2.51. The third-order valence-corrected chi connectivity index (χ3v) is 8.72. The molecule has 0 radical (unpaired) electrons. The molecule has 0 atom stereocenters. The van der Waals surface area contributed by atoms with Crippen LogP contribution in [0.4, 0.5) is 4.79 Å². The molecule has 3 aliphatic rings. The minimum absolute atomic E-state index is 0.0976. The maximum Gasteiger partial charge on any atom is 0.325 e. The van der Waals surface area contributed by atoms with E-state index in [0.29, 0.717) is 29.7 Å². The minimum Gasteiger partial charge on any atom is -0.352 e. The number of thioether (sulfide) groups is 2. The Morgan fingerprint density at radius 1 is 1.14 bits per heavy atom. The maximum absolute atomic E-state index is 12.6. The topological polar surface area (TPSA) is 78.5 Å². The van der Waals surface area contributed by atoms with Gasteiger partial charge in [-0.05, 0) is 37.0 Å². The van der Waals surface area contributed by atoms with Crippen LogP contribution in [0.3, 0.4) is 0 Å². The predicted octanol–water partition coefficient (Wildman–Crippen LogP) is 3.15. The summed E-state index contributed by atoms with van der Waals surface area (Å²) >= 11 is 3.89. The number of carbonyl (C=O) groups excluding carboxylic acids is 3. The van der Waals surface area contributed by atoms with Crippen molar-refractivity contribution < 1.29 is 14.4 Å². The Balaban J connectivity index is 1.23. The highest BCUT2D eigenvalue weighted by Crippen LogP contribution is 2.45. The molecule has 150 valence electrons. The van der Waals surface area contributed by atoms with E-state index >= 15 is 0 Å². The molecule has 4 amide bonds. The van der Waals surface area contributed by atoms with E-state index in [0.717, 1.165) is 25.7 Å². The van der Waals surface area contributed by atoms with Crippen LogP contribution in [0.5, 0.6) is 0 Å². The highest BCUT2D eigenvalue weighted by molar-refractivity contribution is 8.19. The van der Waals surface area contributed by atoms with Crippen LogP contribution >= 0.6 is 23.5 Å². The normalized spacial score (nSPS) is 21.5. The Hall–Kier alpha value is -1.67. The lowest BCUT2D eigenvalue weighted by atomic mass is 9.98. The van der Waals surface area contributed by atoms with E-state index in [9.17, 15) is 14.4 Å². The number of amides is 4. The molecule has 1 saturated carbocycles. The summed E-state index contributed by atoms with van der Waals surface area (Å²) in [5.41, 5.74) is 1.23. The summed E-state index contributed by atoms with van der Waals surface area (Å²) < 4.78 is 0.476. The molecule has 6 nitrogen and oxygen atoms in total. The third-order valence-electron chi connectivity index (χ3n) is 5.61. The number of imide groups is 1. The number of urea groups is 1. The van der Waals surface area contributed by atoms with Gasteiger partial charge in [0.25, 0.3) is 11.8 Å². The second-order valence-electron chi connectivity index (χ2n) is 7.48. The first-order valence-corrected chi connectivity index (χ1v) is 11.9. The third kappa shape index (κ3) is 3.89. The number of hydrogen-bond acceptors (Lipinski definition) is 5. The molecule has 1 aromatic carbocycles. The number of carbonyl (C=O) groups is 3. The Kier molecular flexibility index (Phi) is 5.87. The maximum atomic E-state index is 12.6. The van der Waals surface area contributed by atoms with E-state index in [1.807, 2.05) is 47.8 Å². The van der Waals surface area contributed by atoms with Crippen LogP contribution in [0.1, 0.15) is 52.6 Å². The largest absolute Gasteiger partial charge is 0.352 e.